The molecule has 1 amide bonds. The van der Waals surface area contributed by atoms with Crippen LogP contribution in [0.5, 0.6) is 0 Å². The van der Waals surface area contributed by atoms with Gasteiger partial charge in [0, 0.05) is 12.6 Å². The minimum atomic E-state index is -0.438. The third-order valence-corrected chi connectivity index (χ3v) is 2.86. The Bertz CT molecular complexity index is 260. The molecule has 0 aromatic heterocycles. The van der Waals surface area contributed by atoms with Gasteiger partial charge < -0.3 is 15.4 Å². The number of unbranched alkanes of at least 4 members (excludes halogenated alkanes) is 2. The van der Waals surface area contributed by atoms with Crippen molar-refractivity contribution >= 4 is 6.09 Å². The lowest BCUT2D eigenvalue weighted by molar-refractivity contribution is 0.0521. The number of rotatable bonds is 9. The average molecular weight is 286 g/mol. The normalized spacial score (nSPS) is 13.3. The van der Waals surface area contributed by atoms with Gasteiger partial charge in [-0.15, -0.1) is 0 Å². The average Bonchev–Trinajstić information content (AvgIpc) is 2.28. The van der Waals surface area contributed by atoms with E-state index in [1.165, 1.54) is 19.3 Å². The molecule has 0 aromatic carbocycles. The monoisotopic (exact) mass is 286 g/mol. The van der Waals surface area contributed by atoms with Crippen molar-refractivity contribution in [3.63, 3.8) is 0 Å². The summed E-state index contributed by atoms with van der Waals surface area (Å²) in [6.45, 7) is 13.9. The molecule has 2 N–H and O–H groups in total. The van der Waals surface area contributed by atoms with Crippen LogP contribution in [0.1, 0.15) is 67.2 Å². The topological polar surface area (TPSA) is 50.4 Å². The first kappa shape index (κ1) is 19.2. The molecule has 0 saturated heterocycles. The summed E-state index contributed by atoms with van der Waals surface area (Å²) in [6.07, 6.45) is 4.40. The van der Waals surface area contributed by atoms with Gasteiger partial charge in [-0.1, -0.05) is 33.6 Å². The van der Waals surface area contributed by atoms with Crippen molar-refractivity contribution in [1.82, 2.24) is 10.6 Å². The molecule has 0 aliphatic rings. The SMILES string of the molecule is CCCCCNC(CNC(=O)OC(C)(C)C)CC(C)C. The Kier molecular flexibility index (Phi) is 9.64. The molecule has 0 radical (unpaired) electrons. The van der Waals surface area contributed by atoms with Crippen molar-refractivity contribution in [3.8, 4) is 0 Å². The van der Waals surface area contributed by atoms with Crippen LogP contribution in [0.25, 0.3) is 0 Å². The fraction of sp³-hybridized carbons (Fsp3) is 0.938. The van der Waals surface area contributed by atoms with Crippen LogP contribution in [-0.4, -0.2) is 30.8 Å². The number of hydrogen-bond donors (Lipinski definition) is 2. The van der Waals surface area contributed by atoms with E-state index in [0.29, 0.717) is 18.5 Å². The highest BCUT2D eigenvalue weighted by Crippen LogP contribution is 2.08. The fourth-order valence-corrected chi connectivity index (χ4v) is 2.01. The Morgan fingerprint density at radius 2 is 1.85 bits per heavy atom. The highest BCUT2D eigenvalue weighted by atomic mass is 16.6. The summed E-state index contributed by atoms with van der Waals surface area (Å²) in [5.41, 5.74) is -0.438. The lowest BCUT2D eigenvalue weighted by Gasteiger charge is -2.23. The Hall–Kier alpha value is -0.770. The first-order valence-corrected chi connectivity index (χ1v) is 7.94. The Morgan fingerprint density at radius 1 is 1.20 bits per heavy atom. The summed E-state index contributed by atoms with van der Waals surface area (Å²) in [4.78, 5) is 11.7. The van der Waals surface area contributed by atoms with E-state index in [2.05, 4.69) is 31.4 Å². The van der Waals surface area contributed by atoms with E-state index in [1.807, 2.05) is 20.8 Å². The second-order valence-corrected chi connectivity index (χ2v) is 6.87. The molecule has 0 fully saturated rings. The van der Waals surface area contributed by atoms with Gasteiger partial charge in [-0.2, -0.15) is 0 Å². The lowest BCUT2D eigenvalue weighted by Crippen LogP contribution is -2.43. The molecule has 20 heavy (non-hydrogen) atoms. The Morgan fingerprint density at radius 3 is 2.35 bits per heavy atom. The van der Waals surface area contributed by atoms with E-state index >= 15 is 0 Å². The van der Waals surface area contributed by atoms with E-state index in [-0.39, 0.29) is 6.09 Å². The molecule has 0 aliphatic heterocycles. The second-order valence-electron chi connectivity index (χ2n) is 6.87. The second kappa shape index (κ2) is 10.0. The van der Waals surface area contributed by atoms with E-state index in [1.54, 1.807) is 0 Å². The molecule has 0 heterocycles. The van der Waals surface area contributed by atoms with E-state index in [4.69, 9.17) is 4.74 Å². The molecular weight excluding hydrogens is 252 g/mol. The highest BCUT2D eigenvalue weighted by Gasteiger charge is 2.17. The van der Waals surface area contributed by atoms with Crippen molar-refractivity contribution in [2.75, 3.05) is 13.1 Å². The van der Waals surface area contributed by atoms with Crippen LogP contribution >= 0.6 is 0 Å². The van der Waals surface area contributed by atoms with E-state index < -0.39 is 5.60 Å². The molecule has 4 heteroatoms. The number of carbonyl (C=O) groups excluding carboxylic acids is 1. The van der Waals surface area contributed by atoms with Crippen molar-refractivity contribution in [2.45, 2.75) is 78.9 Å². The quantitative estimate of drug-likeness (QED) is 0.635. The number of nitrogens with one attached hydrogen (secondary N) is 2. The van der Waals surface area contributed by atoms with Gasteiger partial charge in [-0.05, 0) is 46.1 Å². The maximum Gasteiger partial charge on any atom is 0.407 e. The zero-order valence-corrected chi connectivity index (χ0v) is 14.2. The molecule has 0 bridgehead atoms. The van der Waals surface area contributed by atoms with Crippen LogP contribution in [-0.2, 0) is 4.74 Å². The van der Waals surface area contributed by atoms with Gasteiger partial charge >= 0.3 is 6.09 Å². The zero-order chi connectivity index (χ0) is 15.6. The van der Waals surface area contributed by atoms with Crippen molar-refractivity contribution < 1.29 is 9.53 Å². The molecule has 120 valence electrons. The third-order valence-electron chi connectivity index (χ3n) is 2.86. The van der Waals surface area contributed by atoms with Gasteiger partial charge in [0.25, 0.3) is 0 Å². The maximum absolute atomic E-state index is 11.7. The summed E-state index contributed by atoms with van der Waals surface area (Å²) in [7, 11) is 0. The van der Waals surface area contributed by atoms with Crippen molar-refractivity contribution in [3.05, 3.63) is 0 Å². The van der Waals surface area contributed by atoms with Crippen LogP contribution in [0.15, 0.2) is 0 Å². The van der Waals surface area contributed by atoms with Crippen LogP contribution < -0.4 is 10.6 Å². The summed E-state index contributed by atoms with van der Waals surface area (Å²) >= 11 is 0. The lowest BCUT2D eigenvalue weighted by atomic mass is 10.0. The minimum Gasteiger partial charge on any atom is -0.444 e. The molecule has 0 rings (SSSR count). The Labute approximate surface area is 125 Å². The summed E-state index contributed by atoms with van der Waals surface area (Å²) < 4.78 is 5.26. The summed E-state index contributed by atoms with van der Waals surface area (Å²) in [6, 6.07) is 0.319. The van der Waals surface area contributed by atoms with Gasteiger partial charge in [-0.25, -0.2) is 4.79 Å². The maximum atomic E-state index is 11.7. The van der Waals surface area contributed by atoms with Crippen LogP contribution in [0.2, 0.25) is 0 Å². The smallest absolute Gasteiger partial charge is 0.407 e. The van der Waals surface area contributed by atoms with Gasteiger partial charge in [0.1, 0.15) is 5.60 Å². The summed E-state index contributed by atoms with van der Waals surface area (Å²) in [5, 5.41) is 6.40. The van der Waals surface area contributed by atoms with Crippen LogP contribution in [0, 0.1) is 5.92 Å². The largest absolute Gasteiger partial charge is 0.444 e. The first-order valence-electron chi connectivity index (χ1n) is 7.94. The standard InChI is InChI=1S/C16H34N2O2/c1-7-8-9-10-17-14(11-13(2)3)12-18-15(19)20-16(4,5)6/h13-14,17H,7-12H2,1-6H3,(H,18,19). The molecule has 0 aromatic rings. The van der Waals surface area contributed by atoms with Gasteiger partial charge in [0.15, 0.2) is 0 Å². The third kappa shape index (κ3) is 12.3. The van der Waals surface area contributed by atoms with Crippen molar-refractivity contribution in [1.29, 1.82) is 0 Å². The molecule has 0 spiro atoms. The van der Waals surface area contributed by atoms with Crippen LogP contribution in [0.3, 0.4) is 0 Å². The molecular formula is C16H34N2O2. The van der Waals surface area contributed by atoms with E-state index in [9.17, 15) is 4.79 Å². The number of amides is 1. The Balaban J connectivity index is 4.05. The number of ether oxygens (including phenoxy) is 1. The van der Waals surface area contributed by atoms with Gasteiger partial charge in [-0.3, -0.25) is 0 Å². The van der Waals surface area contributed by atoms with Gasteiger partial charge in [0.2, 0.25) is 0 Å². The van der Waals surface area contributed by atoms with Crippen molar-refractivity contribution in [2.24, 2.45) is 5.92 Å². The minimum absolute atomic E-state index is 0.319. The van der Waals surface area contributed by atoms with E-state index in [0.717, 1.165) is 13.0 Å². The number of alkyl carbamates (subject to hydrolysis) is 1. The zero-order valence-electron chi connectivity index (χ0n) is 14.2. The predicted molar refractivity (Wildman–Crippen MR) is 85.0 cm³/mol. The molecule has 0 aliphatic carbocycles. The van der Waals surface area contributed by atoms with Gasteiger partial charge in [0.05, 0.1) is 0 Å². The number of carbonyl (C=O) groups is 1. The number of hydrogen-bond acceptors (Lipinski definition) is 3. The molecule has 1 atom stereocenters. The fourth-order valence-electron chi connectivity index (χ4n) is 2.01. The summed E-state index contributed by atoms with van der Waals surface area (Å²) in [5.74, 6) is 0.610. The van der Waals surface area contributed by atoms with Crippen LogP contribution in [0.4, 0.5) is 4.79 Å². The molecule has 4 nitrogen and oxygen atoms in total. The first-order chi connectivity index (χ1) is 9.24. The molecule has 1 unspecified atom stereocenters. The highest BCUT2D eigenvalue weighted by molar-refractivity contribution is 5.67. The predicted octanol–water partition coefficient (Wildman–Crippen LogP) is 3.71. The molecule has 0 saturated carbocycles.